The lowest BCUT2D eigenvalue weighted by atomic mass is 10.1. The fraction of sp³-hybridized carbons (Fsp3) is 0.292. The van der Waals surface area contributed by atoms with Gasteiger partial charge in [-0.05, 0) is 55.3 Å². The molecule has 164 valence electrons. The largest absolute Gasteiger partial charge is 0.383 e. The summed E-state index contributed by atoms with van der Waals surface area (Å²) >= 11 is 0. The number of aromatic nitrogens is 1. The zero-order valence-electron chi connectivity index (χ0n) is 17.8. The maximum Gasteiger partial charge on any atom is 0.256 e. The minimum Gasteiger partial charge on any atom is -0.383 e. The average Bonchev–Trinajstić information content (AvgIpc) is 3.43. The van der Waals surface area contributed by atoms with Crippen LogP contribution in [0.2, 0.25) is 0 Å². The Hall–Kier alpha value is -3.65. The van der Waals surface area contributed by atoms with Crippen LogP contribution in [0.4, 0.5) is 11.4 Å². The number of hydrogen-bond donors (Lipinski definition) is 2. The molecule has 3 amide bonds. The smallest absolute Gasteiger partial charge is 0.256 e. The monoisotopic (exact) mass is 432 g/mol. The highest BCUT2D eigenvalue weighted by molar-refractivity contribution is 6.12. The van der Waals surface area contributed by atoms with Gasteiger partial charge in [-0.25, -0.2) is 0 Å². The van der Waals surface area contributed by atoms with E-state index in [1.54, 1.807) is 36.3 Å². The standard InChI is InChI=1S/C24H24N4O4/c1-32-12-11-27-10-8-15-13-16(4-7-20(15)27)22(29)25-17-5-6-19-18(14-17)24(31)28-9-2-3-21(28)23(30)26-19/h4-8,10,13-14,21H,2-3,9,11-12H2,1H3,(H,25,29)(H,26,30)/t21-/m1/s1. The molecule has 2 aliphatic rings. The third-order valence-corrected chi connectivity index (χ3v) is 6.15. The molecular weight excluding hydrogens is 408 g/mol. The van der Waals surface area contributed by atoms with Gasteiger partial charge in [0.2, 0.25) is 5.91 Å². The summed E-state index contributed by atoms with van der Waals surface area (Å²) in [5.41, 5.74) is 2.94. The van der Waals surface area contributed by atoms with Gasteiger partial charge in [-0.15, -0.1) is 0 Å². The molecule has 8 heteroatoms. The predicted octanol–water partition coefficient (Wildman–Crippen LogP) is 3.10. The normalized spacial score (nSPS) is 17.7. The molecule has 3 aromatic rings. The van der Waals surface area contributed by atoms with E-state index in [2.05, 4.69) is 15.2 Å². The lowest BCUT2D eigenvalue weighted by Gasteiger charge is -2.20. The molecule has 0 saturated carbocycles. The lowest BCUT2D eigenvalue weighted by Crippen LogP contribution is -2.40. The number of amides is 3. The summed E-state index contributed by atoms with van der Waals surface area (Å²) in [4.78, 5) is 39.9. The van der Waals surface area contributed by atoms with Crippen LogP contribution in [0.25, 0.3) is 10.9 Å². The minimum absolute atomic E-state index is 0.155. The van der Waals surface area contributed by atoms with Crippen LogP contribution in [0.15, 0.2) is 48.7 Å². The lowest BCUT2D eigenvalue weighted by molar-refractivity contribution is -0.119. The second kappa shape index (κ2) is 8.12. The molecule has 1 fully saturated rings. The van der Waals surface area contributed by atoms with E-state index in [0.29, 0.717) is 42.1 Å². The highest BCUT2D eigenvalue weighted by atomic mass is 16.5. The summed E-state index contributed by atoms with van der Waals surface area (Å²) in [7, 11) is 1.67. The molecule has 1 aromatic heterocycles. The maximum absolute atomic E-state index is 13.0. The van der Waals surface area contributed by atoms with E-state index in [0.717, 1.165) is 23.9 Å². The van der Waals surface area contributed by atoms with Crippen LogP contribution in [-0.2, 0) is 16.1 Å². The van der Waals surface area contributed by atoms with Crippen molar-refractivity contribution in [1.29, 1.82) is 0 Å². The molecular formula is C24H24N4O4. The van der Waals surface area contributed by atoms with Crippen molar-refractivity contribution in [3.05, 3.63) is 59.8 Å². The van der Waals surface area contributed by atoms with Gasteiger partial charge >= 0.3 is 0 Å². The molecule has 3 heterocycles. The summed E-state index contributed by atoms with van der Waals surface area (Å²) < 4.78 is 7.22. The van der Waals surface area contributed by atoms with E-state index in [1.165, 1.54) is 0 Å². The molecule has 8 nitrogen and oxygen atoms in total. The minimum atomic E-state index is -0.420. The Labute approximate surface area is 185 Å². The number of nitrogens with one attached hydrogen (secondary N) is 2. The topological polar surface area (TPSA) is 92.7 Å². The SMILES string of the molecule is COCCn1ccc2cc(C(=O)Nc3ccc4c(c3)C(=O)N3CCC[C@@H]3C(=O)N4)ccc21. The number of rotatable bonds is 5. The Kier molecular flexibility index (Phi) is 5.14. The quantitative estimate of drug-likeness (QED) is 0.648. The number of hydrogen-bond acceptors (Lipinski definition) is 4. The van der Waals surface area contributed by atoms with Crippen molar-refractivity contribution in [3.8, 4) is 0 Å². The third-order valence-electron chi connectivity index (χ3n) is 6.15. The molecule has 0 spiro atoms. The van der Waals surface area contributed by atoms with Gasteiger partial charge < -0.3 is 24.8 Å². The number of methoxy groups -OCH3 is 1. The predicted molar refractivity (Wildman–Crippen MR) is 121 cm³/mol. The zero-order valence-corrected chi connectivity index (χ0v) is 17.8. The van der Waals surface area contributed by atoms with Crippen LogP contribution in [0.1, 0.15) is 33.6 Å². The van der Waals surface area contributed by atoms with Gasteiger partial charge in [0.25, 0.3) is 11.8 Å². The van der Waals surface area contributed by atoms with E-state index in [9.17, 15) is 14.4 Å². The first-order valence-corrected chi connectivity index (χ1v) is 10.7. The molecule has 0 unspecified atom stereocenters. The Morgan fingerprint density at radius 1 is 1.19 bits per heavy atom. The fourth-order valence-corrected chi connectivity index (χ4v) is 4.49. The number of nitrogens with zero attached hydrogens (tertiary/aromatic N) is 2. The van der Waals surface area contributed by atoms with Crippen molar-refractivity contribution in [2.75, 3.05) is 30.9 Å². The van der Waals surface area contributed by atoms with Crippen LogP contribution in [0.3, 0.4) is 0 Å². The number of ether oxygens (including phenoxy) is 1. The Balaban J connectivity index is 1.38. The maximum atomic E-state index is 13.0. The van der Waals surface area contributed by atoms with Crippen LogP contribution in [0.5, 0.6) is 0 Å². The van der Waals surface area contributed by atoms with Crippen LogP contribution < -0.4 is 10.6 Å². The van der Waals surface area contributed by atoms with Crippen LogP contribution >= 0.6 is 0 Å². The molecule has 0 bridgehead atoms. The van der Waals surface area contributed by atoms with E-state index in [-0.39, 0.29) is 17.7 Å². The number of carbonyl (C=O) groups is 3. The van der Waals surface area contributed by atoms with Crippen LogP contribution in [-0.4, -0.2) is 53.5 Å². The molecule has 2 aliphatic heterocycles. The van der Waals surface area contributed by atoms with Crippen molar-refractivity contribution >= 4 is 40.0 Å². The highest BCUT2D eigenvalue weighted by Crippen LogP contribution is 2.30. The van der Waals surface area contributed by atoms with Gasteiger partial charge in [0.15, 0.2) is 0 Å². The van der Waals surface area contributed by atoms with Crippen LogP contribution in [0, 0.1) is 0 Å². The van der Waals surface area contributed by atoms with Crippen molar-refractivity contribution in [2.45, 2.75) is 25.4 Å². The number of fused-ring (bicyclic) bond motifs is 3. The number of benzene rings is 2. The first-order chi connectivity index (χ1) is 15.5. The molecule has 0 aliphatic carbocycles. The number of anilines is 2. The van der Waals surface area contributed by atoms with Gasteiger partial charge in [-0.3, -0.25) is 14.4 Å². The second-order valence-electron chi connectivity index (χ2n) is 8.14. The first-order valence-electron chi connectivity index (χ1n) is 10.7. The fourth-order valence-electron chi connectivity index (χ4n) is 4.49. The van der Waals surface area contributed by atoms with Gasteiger partial charge in [0.1, 0.15) is 6.04 Å². The van der Waals surface area contributed by atoms with Gasteiger partial charge in [0.05, 0.1) is 17.9 Å². The van der Waals surface area contributed by atoms with E-state index in [1.807, 2.05) is 24.4 Å². The van der Waals surface area contributed by atoms with Crippen molar-refractivity contribution in [1.82, 2.24) is 9.47 Å². The van der Waals surface area contributed by atoms with E-state index in [4.69, 9.17) is 4.74 Å². The summed E-state index contributed by atoms with van der Waals surface area (Å²) in [6.07, 6.45) is 3.46. The van der Waals surface area contributed by atoms with Gasteiger partial charge in [-0.2, -0.15) is 0 Å². The molecule has 1 saturated heterocycles. The zero-order chi connectivity index (χ0) is 22.2. The molecule has 2 N–H and O–H groups in total. The first kappa shape index (κ1) is 20.3. The van der Waals surface area contributed by atoms with Crippen molar-refractivity contribution in [3.63, 3.8) is 0 Å². The third kappa shape index (κ3) is 3.52. The Bertz CT molecular complexity index is 1230. The summed E-state index contributed by atoms with van der Waals surface area (Å²) in [5.74, 6) is -0.603. The molecule has 5 rings (SSSR count). The molecule has 32 heavy (non-hydrogen) atoms. The van der Waals surface area contributed by atoms with E-state index >= 15 is 0 Å². The summed E-state index contributed by atoms with van der Waals surface area (Å²) in [6, 6.07) is 12.1. The Morgan fingerprint density at radius 2 is 2.06 bits per heavy atom. The summed E-state index contributed by atoms with van der Waals surface area (Å²) in [5, 5.41) is 6.69. The number of carbonyl (C=O) groups excluding carboxylic acids is 3. The van der Waals surface area contributed by atoms with Gasteiger partial charge in [0, 0.05) is 48.5 Å². The van der Waals surface area contributed by atoms with E-state index < -0.39 is 6.04 Å². The van der Waals surface area contributed by atoms with Crippen molar-refractivity contribution in [2.24, 2.45) is 0 Å². The molecule has 2 aromatic carbocycles. The second-order valence-corrected chi connectivity index (χ2v) is 8.14. The molecule has 1 atom stereocenters. The van der Waals surface area contributed by atoms with Gasteiger partial charge in [-0.1, -0.05) is 0 Å². The average molecular weight is 432 g/mol. The summed E-state index contributed by atoms with van der Waals surface area (Å²) in [6.45, 7) is 1.92. The highest BCUT2D eigenvalue weighted by Gasteiger charge is 2.38. The Morgan fingerprint density at radius 3 is 2.91 bits per heavy atom. The van der Waals surface area contributed by atoms with Crippen molar-refractivity contribution < 1.29 is 19.1 Å². The molecule has 0 radical (unpaired) electrons.